The Bertz CT molecular complexity index is 850. The number of likely N-dealkylation sites (tertiary alicyclic amines) is 1. The maximum absolute atomic E-state index is 12.7. The van der Waals surface area contributed by atoms with Crippen LogP contribution in [0.25, 0.3) is 0 Å². The Morgan fingerprint density at radius 3 is 2.58 bits per heavy atom. The highest BCUT2D eigenvalue weighted by Gasteiger charge is 2.40. The molecule has 1 fully saturated rings. The highest BCUT2D eigenvalue weighted by molar-refractivity contribution is 5.95. The Hall–Kier alpha value is -2.82. The minimum Gasteiger partial charge on any atom is -0.317 e. The second-order valence-electron chi connectivity index (χ2n) is 7.18. The van der Waals surface area contributed by atoms with Crippen molar-refractivity contribution in [3.63, 3.8) is 0 Å². The number of nitrogens with one attached hydrogen (secondary N) is 1. The lowest BCUT2D eigenvalue weighted by Gasteiger charge is -2.46. The monoisotopic (exact) mass is 349 g/mol. The second kappa shape index (κ2) is 6.48. The molecule has 1 saturated heterocycles. The van der Waals surface area contributed by atoms with Crippen molar-refractivity contribution in [1.82, 2.24) is 4.90 Å². The number of nitrogens with zero attached hydrogens (tertiary/aromatic N) is 2. The Morgan fingerprint density at radius 1 is 1.12 bits per heavy atom. The SMILES string of the molecule is CC(=O)N1CCc2cc(NC(=O)N3C[C@@H](C)[C@H]3c3ccccc3)ccc21. The van der Waals surface area contributed by atoms with Gasteiger partial charge in [0.2, 0.25) is 5.91 Å². The van der Waals surface area contributed by atoms with E-state index in [1.54, 1.807) is 11.8 Å². The summed E-state index contributed by atoms with van der Waals surface area (Å²) in [6, 6.07) is 16.0. The van der Waals surface area contributed by atoms with Crippen LogP contribution < -0.4 is 10.2 Å². The Morgan fingerprint density at radius 2 is 1.88 bits per heavy atom. The number of benzene rings is 2. The molecule has 1 N–H and O–H groups in total. The normalized spacial score (nSPS) is 21.2. The smallest absolute Gasteiger partial charge is 0.317 e. The van der Waals surface area contributed by atoms with Gasteiger partial charge in [0.1, 0.15) is 0 Å². The van der Waals surface area contributed by atoms with Gasteiger partial charge in [-0.3, -0.25) is 4.79 Å². The lowest BCUT2D eigenvalue weighted by atomic mass is 9.85. The summed E-state index contributed by atoms with van der Waals surface area (Å²) in [6.45, 7) is 5.23. The van der Waals surface area contributed by atoms with Crippen LogP contribution in [-0.2, 0) is 11.2 Å². The van der Waals surface area contributed by atoms with Gasteiger partial charge in [-0.15, -0.1) is 0 Å². The van der Waals surface area contributed by atoms with Crippen molar-refractivity contribution < 1.29 is 9.59 Å². The van der Waals surface area contributed by atoms with Crippen LogP contribution in [0.1, 0.15) is 31.0 Å². The van der Waals surface area contributed by atoms with E-state index in [2.05, 4.69) is 24.4 Å². The van der Waals surface area contributed by atoms with E-state index in [-0.39, 0.29) is 18.0 Å². The molecule has 0 aromatic heterocycles. The summed E-state index contributed by atoms with van der Waals surface area (Å²) >= 11 is 0. The van der Waals surface area contributed by atoms with Crippen molar-refractivity contribution in [3.8, 4) is 0 Å². The number of hydrogen-bond acceptors (Lipinski definition) is 2. The average Bonchev–Trinajstić information content (AvgIpc) is 3.03. The number of rotatable bonds is 2. The first-order chi connectivity index (χ1) is 12.5. The number of anilines is 2. The minimum atomic E-state index is -0.0710. The molecule has 2 heterocycles. The summed E-state index contributed by atoms with van der Waals surface area (Å²) in [5.74, 6) is 0.508. The van der Waals surface area contributed by atoms with Crippen molar-refractivity contribution in [2.45, 2.75) is 26.3 Å². The summed E-state index contributed by atoms with van der Waals surface area (Å²) < 4.78 is 0. The molecule has 5 nitrogen and oxygen atoms in total. The number of carbonyl (C=O) groups is 2. The van der Waals surface area contributed by atoms with Crippen molar-refractivity contribution in [2.24, 2.45) is 5.92 Å². The van der Waals surface area contributed by atoms with Gasteiger partial charge in [0.05, 0.1) is 6.04 Å². The quantitative estimate of drug-likeness (QED) is 0.896. The van der Waals surface area contributed by atoms with Crippen LogP contribution >= 0.6 is 0 Å². The molecule has 2 aliphatic heterocycles. The van der Waals surface area contributed by atoms with Gasteiger partial charge < -0.3 is 15.1 Å². The van der Waals surface area contributed by atoms with Crippen LogP contribution in [0.2, 0.25) is 0 Å². The van der Waals surface area contributed by atoms with Gasteiger partial charge in [0.25, 0.3) is 0 Å². The Labute approximate surface area is 153 Å². The molecule has 0 unspecified atom stereocenters. The molecule has 0 radical (unpaired) electrons. The fraction of sp³-hybridized carbons (Fsp3) is 0.333. The van der Waals surface area contributed by atoms with E-state index in [0.717, 1.165) is 29.9 Å². The first-order valence-electron chi connectivity index (χ1n) is 9.08. The average molecular weight is 349 g/mol. The van der Waals surface area contributed by atoms with Crippen LogP contribution in [0.4, 0.5) is 16.2 Å². The third kappa shape index (κ3) is 2.83. The van der Waals surface area contributed by atoms with Crippen molar-refractivity contribution in [1.29, 1.82) is 0 Å². The number of hydrogen-bond donors (Lipinski definition) is 1. The van der Waals surface area contributed by atoms with Crippen LogP contribution in [-0.4, -0.2) is 29.9 Å². The number of amides is 3. The van der Waals surface area contributed by atoms with Crippen LogP contribution in [0.5, 0.6) is 0 Å². The maximum atomic E-state index is 12.7. The second-order valence-corrected chi connectivity index (χ2v) is 7.18. The fourth-order valence-electron chi connectivity index (χ4n) is 4.06. The van der Waals surface area contributed by atoms with Gasteiger partial charge >= 0.3 is 6.03 Å². The molecule has 2 aromatic carbocycles. The first-order valence-corrected chi connectivity index (χ1v) is 9.08. The summed E-state index contributed by atoms with van der Waals surface area (Å²) in [5, 5.41) is 3.02. The summed E-state index contributed by atoms with van der Waals surface area (Å²) in [4.78, 5) is 28.1. The van der Waals surface area contributed by atoms with Crippen molar-refractivity contribution in [3.05, 3.63) is 59.7 Å². The van der Waals surface area contributed by atoms with Gasteiger partial charge in [0, 0.05) is 31.4 Å². The van der Waals surface area contributed by atoms with Gasteiger partial charge in [0.15, 0.2) is 0 Å². The highest BCUT2D eigenvalue weighted by Crippen LogP contribution is 2.39. The van der Waals surface area contributed by atoms with E-state index in [9.17, 15) is 9.59 Å². The molecule has 3 amide bonds. The lowest BCUT2D eigenvalue weighted by molar-refractivity contribution is -0.116. The van der Waals surface area contributed by atoms with E-state index >= 15 is 0 Å². The molecular weight excluding hydrogens is 326 g/mol. The standard InChI is InChI=1S/C21H23N3O2/c1-14-13-24(20(14)16-6-4-3-5-7-16)21(26)22-18-8-9-19-17(12-18)10-11-23(19)15(2)25/h3-9,12,14,20H,10-11,13H2,1-2H3,(H,22,26)/t14-,20+/m1/s1. The van der Waals surface area contributed by atoms with Gasteiger partial charge in [-0.1, -0.05) is 37.3 Å². The molecule has 2 aliphatic rings. The third-order valence-corrected chi connectivity index (χ3v) is 5.37. The number of fused-ring (bicyclic) bond motifs is 1. The molecule has 0 aliphatic carbocycles. The van der Waals surface area contributed by atoms with Crippen molar-refractivity contribution in [2.75, 3.05) is 23.3 Å². The number of urea groups is 1. The highest BCUT2D eigenvalue weighted by atomic mass is 16.2. The molecule has 5 heteroatoms. The molecule has 0 saturated carbocycles. The molecule has 0 bridgehead atoms. The molecule has 4 rings (SSSR count). The Balaban J connectivity index is 1.48. The zero-order chi connectivity index (χ0) is 18.3. The van der Waals surface area contributed by atoms with E-state index < -0.39 is 0 Å². The molecule has 2 atom stereocenters. The van der Waals surface area contributed by atoms with Gasteiger partial charge in [-0.2, -0.15) is 0 Å². The first kappa shape index (κ1) is 16.6. The van der Waals surface area contributed by atoms with Crippen LogP contribution in [0.15, 0.2) is 48.5 Å². The van der Waals surface area contributed by atoms with E-state index in [1.165, 1.54) is 5.56 Å². The van der Waals surface area contributed by atoms with Crippen molar-refractivity contribution >= 4 is 23.3 Å². The van der Waals surface area contributed by atoms with E-state index in [4.69, 9.17) is 0 Å². The topological polar surface area (TPSA) is 52.7 Å². The molecule has 0 spiro atoms. The van der Waals surface area contributed by atoms with Crippen LogP contribution in [0, 0.1) is 5.92 Å². The Kier molecular flexibility index (Phi) is 4.15. The third-order valence-electron chi connectivity index (χ3n) is 5.37. The molecule has 2 aromatic rings. The van der Waals surface area contributed by atoms with Gasteiger partial charge in [-0.05, 0) is 41.7 Å². The number of carbonyl (C=O) groups excluding carboxylic acids is 2. The summed E-state index contributed by atoms with van der Waals surface area (Å²) in [6.07, 6.45) is 0.825. The zero-order valence-electron chi connectivity index (χ0n) is 15.1. The zero-order valence-corrected chi connectivity index (χ0v) is 15.1. The van der Waals surface area contributed by atoms with Gasteiger partial charge in [-0.25, -0.2) is 4.79 Å². The largest absolute Gasteiger partial charge is 0.322 e. The van der Waals surface area contributed by atoms with E-state index in [0.29, 0.717) is 12.5 Å². The summed E-state index contributed by atoms with van der Waals surface area (Å²) in [5.41, 5.74) is 4.02. The molecule has 26 heavy (non-hydrogen) atoms. The minimum absolute atomic E-state index is 0.0563. The predicted molar refractivity (Wildman–Crippen MR) is 102 cm³/mol. The molecular formula is C21H23N3O2. The lowest BCUT2D eigenvalue weighted by Crippen LogP contribution is -2.53. The predicted octanol–water partition coefficient (Wildman–Crippen LogP) is 3.82. The van der Waals surface area contributed by atoms with E-state index in [1.807, 2.05) is 41.3 Å². The fourth-order valence-corrected chi connectivity index (χ4v) is 4.06. The maximum Gasteiger partial charge on any atom is 0.322 e. The van der Waals surface area contributed by atoms with Crippen LogP contribution in [0.3, 0.4) is 0 Å². The molecule has 134 valence electrons. The summed E-state index contributed by atoms with van der Waals surface area (Å²) in [7, 11) is 0.